The maximum Gasteiger partial charge on any atom is 0.189 e. The molecule has 3 rings (SSSR count). The number of hydrogen-bond donors (Lipinski definition) is 2. The van der Waals surface area contributed by atoms with Gasteiger partial charge in [-0.25, -0.2) is 4.39 Å². The van der Waals surface area contributed by atoms with Gasteiger partial charge in [0.25, 0.3) is 0 Å². The summed E-state index contributed by atoms with van der Waals surface area (Å²) in [6.45, 7) is 1.35. The van der Waals surface area contributed by atoms with Gasteiger partial charge in [0.1, 0.15) is 11.7 Å². The van der Waals surface area contributed by atoms with Crippen LogP contribution in [0.25, 0.3) is 0 Å². The van der Waals surface area contributed by atoms with Crippen molar-refractivity contribution in [2.75, 3.05) is 20.1 Å². The Labute approximate surface area is 145 Å². The molecule has 0 saturated heterocycles. The van der Waals surface area contributed by atoms with E-state index in [0.717, 1.165) is 12.1 Å². The van der Waals surface area contributed by atoms with E-state index in [1.807, 2.05) is 25.3 Å². The lowest BCUT2D eigenvalue weighted by Gasteiger charge is -2.45. The molecule has 1 fully saturated rings. The Morgan fingerprint density at radius 1 is 1.28 bits per heavy atom. The van der Waals surface area contributed by atoms with Gasteiger partial charge in [-0.05, 0) is 29.3 Å². The van der Waals surface area contributed by atoms with Gasteiger partial charge in [0, 0.05) is 11.8 Å². The van der Waals surface area contributed by atoms with Crippen molar-refractivity contribution in [3.8, 4) is 18.2 Å². The molecule has 1 aromatic rings. The number of nitrogens with one attached hydrogen (secondary N) is 2. The van der Waals surface area contributed by atoms with Crippen LogP contribution in [0.5, 0.6) is 0 Å². The highest BCUT2D eigenvalue weighted by Crippen LogP contribution is 2.52. The summed E-state index contributed by atoms with van der Waals surface area (Å²) < 4.78 is 13.8. The Morgan fingerprint density at radius 2 is 2.00 bits per heavy atom. The molecule has 25 heavy (non-hydrogen) atoms. The first-order valence-corrected chi connectivity index (χ1v) is 8.06. The van der Waals surface area contributed by atoms with Crippen LogP contribution in [-0.2, 0) is 0 Å². The molecule has 2 unspecified atom stereocenters. The predicted octanol–water partition coefficient (Wildman–Crippen LogP) is 1.19. The van der Waals surface area contributed by atoms with Gasteiger partial charge in [-0.3, -0.25) is 0 Å². The first-order chi connectivity index (χ1) is 12.0. The predicted molar refractivity (Wildman–Crippen MR) is 87.8 cm³/mol. The number of halogens is 1. The van der Waals surface area contributed by atoms with Crippen molar-refractivity contribution in [3.63, 3.8) is 0 Å². The monoisotopic (exact) mass is 334 g/mol. The van der Waals surface area contributed by atoms with E-state index in [1.165, 1.54) is 17.0 Å². The van der Waals surface area contributed by atoms with Crippen LogP contribution in [0.4, 0.5) is 4.39 Å². The van der Waals surface area contributed by atoms with Crippen molar-refractivity contribution in [1.82, 2.24) is 0 Å². The fraction of sp³-hybridized carbons (Fsp3) is 0.368. The van der Waals surface area contributed by atoms with Crippen molar-refractivity contribution in [2.45, 2.75) is 5.92 Å². The van der Waals surface area contributed by atoms with Crippen molar-refractivity contribution in [2.24, 2.45) is 17.3 Å². The van der Waals surface area contributed by atoms with Crippen LogP contribution < -0.4 is 4.90 Å². The number of quaternary nitrogens is 1. The van der Waals surface area contributed by atoms with Crippen LogP contribution in [0.15, 0.2) is 35.9 Å². The molecule has 124 valence electrons. The summed E-state index contributed by atoms with van der Waals surface area (Å²) in [5, 5.41) is 37.7. The highest BCUT2D eigenvalue weighted by molar-refractivity contribution is 6.00. The van der Waals surface area contributed by atoms with Gasteiger partial charge >= 0.3 is 0 Å². The van der Waals surface area contributed by atoms with E-state index in [0.29, 0.717) is 12.1 Å². The number of nitriles is 3. The minimum atomic E-state index is -1.77. The zero-order chi connectivity index (χ0) is 18.2. The van der Waals surface area contributed by atoms with Crippen LogP contribution >= 0.6 is 0 Å². The lowest BCUT2D eigenvalue weighted by molar-refractivity contribution is -0.878. The van der Waals surface area contributed by atoms with Crippen molar-refractivity contribution < 1.29 is 9.29 Å². The minimum Gasteiger partial charge on any atom is -0.334 e. The van der Waals surface area contributed by atoms with Gasteiger partial charge in [0.15, 0.2) is 5.41 Å². The van der Waals surface area contributed by atoms with Crippen molar-refractivity contribution in [1.29, 1.82) is 21.2 Å². The van der Waals surface area contributed by atoms with E-state index >= 15 is 0 Å². The molecule has 0 bridgehead atoms. The molecule has 0 radical (unpaired) electrons. The van der Waals surface area contributed by atoms with E-state index < -0.39 is 23.1 Å². The molecule has 2 N–H and O–H groups in total. The summed E-state index contributed by atoms with van der Waals surface area (Å²) in [7, 11) is 2.00. The molecule has 2 aliphatic rings. The van der Waals surface area contributed by atoms with E-state index in [9.17, 15) is 20.2 Å². The van der Waals surface area contributed by atoms with Crippen LogP contribution in [0.1, 0.15) is 11.5 Å². The number of rotatable bonds is 1. The van der Waals surface area contributed by atoms with Gasteiger partial charge in [-0.1, -0.05) is 12.1 Å². The number of benzene rings is 1. The summed E-state index contributed by atoms with van der Waals surface area (Å²) in [5.41, 5.74) is -0.659. The normalized spacial score (nSPS) is 30.2. The standard InChI is InChI=1S/C19H16FN5/c1-25-6-5-14-15(8-21)18(24)19(10-22,11-23)17(16(14)9-25)12-3-2-4-13(20)7-12/h2-5,7,15-17,24H,6,9H2,1H3/p+1/t15?,16-,17+/m0/s1. The van der Waals surface area contributed by atoms with Crippen molar-refractivity contribution >= 4 is 5.71 Å². The number of nitrogens with zero attached hydrogens (tertiary/aromatic N) is 3. The first kappa shape index (κ1) is 16.8. The van der Waals surface area contributed by atoms with E-state index in [4.69, 9.17) is 5.41 Å². The molecule has 6 heteroatoms. The van der Waals surface area contributed by atoms with Gasteiger partial charge < -0.3 is 10.3 Å². The van der Waals surface area contributed by atoms with Gasteiger partial charge in [0.05, 0.1) is 44.1 Å². The van der Waals surface area contributed by atoms with Crippen LogP contribution in [0.2, 0.25) is 0 Å². The van der Waals surface area contributed by atoms with Gasteiger partial charge in [-0.2, -0.15) is 15.8 Å². The summed E-state index contributed by atoms with van der Waals surface area (Å²) in [4.78, 5) is 1.19. The van der Waals surface area contributed by atoms with E-state index in [-0.39, 0.29) is 11.6 Å². The van der Waals surface area contributed by atoms with Gasteiger partial charge in [0.2, 0.25) is 0 Å². The molecule has 1 aromatic carbocycles. The van der Waals surface area contributed by atoms with E-state index in [1.54, 1.807) is 12.1 Å². The Kier molecular flexibility index (Phi) is 4.13. The highest BCUT2D eigenvalue weighted by Gasteiger charge is 2.58. The molecule has 1 aliphatic carbocycles. The molecule has 1 aliphatic heterocycles. The summed E-state index contributed by atoms with van der Waals surface area (Å²) in [6, 6.07) is 12.0. The third-order valence-electron chi connectivity index (χ3n) is 5.29. The molecular weight excluding hydrogens is 317 g/mol. The average molecular weight is 334 g/mol. The zero-order valence-corrected chi connectivity index (χ0v) is 13.8. The topological polar surface area (TPSA) is 99.7 Å². The zero-order valence-electron chi connectivity index (χ0n) is 13.8. The first-order valence-electron chi connectivity index (χ1n) is 8.06. The summed E-state index contributed by atoms with van der Waals surface area (Å²) in [6.07, 6.45) is 1.94. The average Bonchev–Trinajstić information content (AvgIpc) is 2.61. The third-order valence-corrected chi connectivity index (χ3v) is 5.29. The second-order valence-electron chi connectivity index (χ2n) is 6.72. The maximum absolute atomic E-state index is 13.8. The number of fused-ring (bicyclic) bond motifs is 1. The Hall–Kier alpha value is -3.01. The fourth-order valence-corrected chi connectivity index (χ4v) is 4.13. The Morgan fingerprint density at radius 3 is 2.60 bits per heavy atom. The van der Waals surface area contributed by atoms with Crippen LogP contribution in [-0.4, -0.2) is 25.8 Å². The minimum absolute atomic E-state index is 0.198. The quantitative estimate of drug-likeness (QED) is 0.754. The Bertz CT molecular complexity index is 868. The molecule has 0 spiro atoms. The molecule has 4 atom stereocenters. The van der Waals surface area contributed by atoms with Gasteiger partial charge in [-0.15, -0.1) is 0 Å². The molecule has 0 amide bonds. The molecular formula is C19H17FN5+. The SMILES string of the molecule is C[NH+]1CC=C2C(C#N)C(=N)C(C#N)(C#N)[C@H](c3cccc(F)c3)[C@H]2C1. The molecule has 0 aromatic heterocycles. The maximum atomic E-state index is 13.8. The van der Waals surface area contributed by atoms with Crippen LogP contribution in [0.3, 0.4) is 0 Å². The summed E-state index contributed by atoms with van der Waals surface area (Å²) in [5.74, 6) is -2.24. The second-order valence-corrected chi connectivity index (χ2v) is 6.72. The lowest BCUT2D eigenvalue weighted by atomic mass is 9.54. The smallest absolute Gasteiger partial charge is 0.189 e. The number of hydrogen-bond acceptors (Lipinski definition) is 4. The fourth-order valence-electron chi connectivity index (χ4n) is 4.13. The summed E-state index contributed by atoms with van der Waals surface area (Å²) >= 11 is 0. The largest absolute Gasteiger partial charge is 0.334 e. The molecule has 5 nitrogen and oxygen atoms in total. The number of likely N-dealkylation sites (N-methyl/N-ethyl adjacent to an activating group) is 1. The molecule has 1 saturated carbocycles. The highest BCUT2D eigenvalue weighted by atomic mass is 19.1. The van der Waals surface area contributed by atoms with E-state index in [2.05, 4.69) is 6.07 Å². The Balaban J connectivity index is 2.28. The third kappa shape index (κ3) is 2.41. The van der Waals surface area contributed by atoms with Crippen molar-refractivity contribution in [3.05, 3.63) is 47.3 Å². The lowest BCUT2D eigenvalue weighted by Crippen LogP contribution is -3.10. The van der Waals surface area contributed by atoms with Crippen LogP contribution in [0, 0.1) is 62.5 Å². The second kappa shape index (κ2) is 6.13. The molecule has 1 heterocycles.